The number of ether oxygens (including phenoxy) is 1. The fraction of sp³-hybridized carbons (Fsp3) is 0.122. The van der Waals surface area contributed by atoms with Crippen molar-refractivity contribution in [2.24, 2.45) is 0 Å². The fourth-order valence-corrected chi connectivity index (χ4v) is 6.65. The Bertz CT molecular complexity index is 2510. The fourth-order valence-electron chi connectivity index (χ4n) is 6.65. The van der Waals surface area contributed by atoms with E-state index in [2.05, 4.69) is 115 Å². The van der Waals surface area contributed by atoms with Gasteiger partial charge in [-0.15, -0.1) is 41.4 Å². The number of aromatic nitrogens is 2. The van der Waals surface area contributed by atoms with Crippen molar-refractivity contribution >= 4 is 60.8 Å². The van der Waals surface area contributed by atoms with Gasteiger partial charge in [-0.3, -0.25) is 0 Å². The molecule has 3 aromatic heterocycles. The van der Waals surface area contributed by atoms with Crippen molar-refractivity contribution in [3.63, 3.8) is 0 Å². The van der Waals surface area contributed by atoms with Crippen LogP contribution in [-0.4, -0.2) is 16.6 Å². The molecule has 0 spiro atoms. The SMILES string of the molecule is CN1[CH-]N(c2[c-]c(Oc3[c-]c4c(cc3)c3ccccc3n4-c3cc(C(C)(C)C)ccn3)ccc2)c2cc3c(cc21)oc1ccccc13.[Pt]. The second-order valence-electron chi connectivity index (χ2n) is 13.1. The topological polar surface area (TPSA) is 46.7 Å². The van der Waals surface area contributed by atoms with Gasteiger partial charge >= 0.3 is 0 Å². The van der Waals surface area contributed by atoms with E-state index >= 15 is 0 Å². The van der Waals surface area contributed by atoms with Gasteiger partial charge in [-0.05, 0) is 53.7 Å². The molecular formula is C41H31N4O2Pt-3. The van der Waals surface area contributed by atoms with Gasteiger partial charge in [0.2, 0.25) is 0 Å². The molecule has 0 unspecified atom stereocenters. The van der Waals surface area contributed by atoms with Gasteiger partial charge in [-0.1, -0.05) is 62.7 Å². The van der Waals surface area contributed by atoms with E-state index < -0.39 is 0 Å². The van der Waals surface area contributed by atoms with Crippen LogP contribution in [0.3, 0.4) is 0 Å². The summed E-state index contributed by atoms with van der Waals surface area (Å²) in [6.07, 6.45) is 1.89. The number of nitrogens with zero attached hydrogens (tertiary/aromatic N) is 4. The summed E-state index contributed by atoms with van der Waals surface area (Å²) < 4.78 is 14.8. The van der Waals surface area contributed by atoms with Gasteiger partial charge in [0, 0.05) is 72.5 Å². The normalized spacial score (nSPS) is 13.1. The second-order valence-corrected chi connectivity index (χ2v) is 13.1. The van der Waals surface area contributed by atoms with Crippen LogP contribution in [0.5, 0.6) is 11.5 Å². The monoisotopic (exact) mass is 806 g/mol. The average Bonchev–Trinajstić information content (AvgIpc) is 3.72. The summed E-state index contributed by atoms with van der Waals surface area (Å²) >= 11 is 0. The minimum atomic E-state index is -0.00427. The average molecular weight is 807 g/mol. The van der Waals surface area contributed by atoms with Gasteiger partial charge in [0.25, 0.3) is 0 Å². The molecule has 0 amide bonds. The van der Waals surface area contributed by atoms with Crippen molar-refractivity contribution in [2.45, 2.75) is 26.2 Å². The summed E-state index contributed by atoms with van der Waals surface area (Å²) in [5, 5.41) is 4.43. The second kappa shape index (κ2) is 11.3. The maximum absolute atomic E-state index is 6.47. The van der Waals surface area contributed by atoms with Crippen LogP contribution >= 0.6 is 0 Å². The summed E-state index contributed by atoms with van der Waals surface area (Å²) in [5.74, 6) is 2.07. The number of benzene rings is 5. The van der Waals surface area contributed by atoms with Gasteiger partial charge in [-0.25, -0.2) is 4.98 Å². The molecule has 9 rings (SSSR count). The molecule has 0 saturated heterocycles. The Morgan fingerprint density at radius 3 is 2.38 bits per heavy atom. The van der Waals surface area contributed by atoms with E-state index in [-0.39, 0.29) is 26.5 Å². The summed E-state index contributed by atoms with van der Waals surface area (Å²) in [5.41, 5.74) is 7.96. The zero-order chi connectivity index (χ0) is 31.9. The number of pyridine rings is 1. The van der Waals surface area contributed by atoms with Gasteiger partial charge in [0.05, 0.1) is 0 Å². The molecule has 48 heavy (non-hydrogen) atoms. The predicted molar refractivity (Wildman–Crippen MR) is 190 cm³/mol. The van der Waals surface area contributed by atoms with Crippen LogP contribution in [0.15, 0.2) is 114 Å². The number of anilines is 3. The van der Waals surface area contributed by atoms with E-state index in [0.29, 0.717) is 11.5 Å². The zero-order valence-electron chi connectivity index (χ0n) is 26.9. The molecule has 7 heteroatoms. The zero-order valence-corrected chi connectivity index (χ0v) is 29.2. The number of fused-ring (bicyclic) bond motifs is 7. The third-order valence-corrected chi connectivity index (χ3v) is 9.03. The van der Waals surface area contributed by atoms with Crippen LogP contribution in [-0.2, 0) is 26.5 Å². The first-order valence-electron chi connectivity index (χ1n) is 15.8. The molecule has 6 nitrogen and oxygen atoms in total. The van der Waals surface area contributed by atoms with Gasteiger partial charge < -0.3 is 23.5 Å². The largest absolute Gasteiger partial charge is 0.509 e. The van der Waals surface area contributed by atoms with Crippen LogP contribution in [0.1, 0.15) is 26.3 Å². The molecule has 1 aliphatic heterocycles. The molecule has 1 aliphatic rings. The number of hydrogen-bond donors (Lipinski definition) is 0. The Hall–Kier alpha value is -5.06. The van der Waals surface area contributed by atoms with Gasteiger partial charge in [-0.2, -0.15) is 18.8 Å². The molecule has 5 aromatic carbocycles. The molecule has 0 radical (unpaired) electrons. The number of furan rings is 1. The number of rotatable bonds is 4. The quantitative estimate of drug-likeness (QED) is 0.166. The Labute approximate surface area is 293 Å². The Balaban J connectivity index is 0.00000336. The van der Waals surface area contributed by atoms with E-state index in [4.69, 9.17) is 14.1 Å². The molecule has 0 atom stereocenters. The summed E-state index contributed by atoms with van der Waals surface area (Å²) in [6, 6.07) is 42.3. The molecule has 0 N–H and O–H groups in total. The molecule has 4 heterocycles. The van der Waals surface area contributed by atoms with E-state index in [1.165, 1.54) is 5.56 Å². The molecule has 0 bridgehead atoms. The van der Waals surface area contributed by atoms with Crippen LogP contribution in [0, 0.1) is 18.8 Å². The molecule has 0 saturated carbocycles. The third kappa shape index (κ3) is 4.86. The molecule has 240 valence electrons. The van der Waals surface area contributed by atoms with Crippen molar-refractivity contribution in [2.75, 3.05) is 16.8 Å². The van der Waals surface area contributed by atoms with Crippen molar-refractivity contribution in [1.29, 1.82) is 0 Å². The summed E-state index contributed by atoms with van der Waals surface area (Å²) in [6.45, 7) is 8.72. The van der Waals surface area contributed by atoms with Crippen LogP contribution in [0.2, 0.25) is 0 Å². The van der Waals surface area contributed by atoms with Gasteiger partial charge in [0.1, 0.15) is 17.0 Å². The van der Waals surface area contributed by atoms with Crippen molar-refractivity contribution < 1.29 is 30.2 Å². The van der Waals surface area contributed by atoms with Crippen LogP contribution < -0.4 is 14.5 Å². The number of hydrogen-bond acceptors (Lipinski definition) is 5. The Morgan fingerprint density at radius 1 is 0.729 bits per heavy atom. The van der Waals surface area contributed by atoms with Crippen molar-refractivity contribution in [3.8, 4) is 17.3 Å². The first-order valence-corrected chi connectivity index (χ1v) is 15.8. The molecule has 8 aromatic rings. The maximum atomic E-state index is 6.47. The van der Waals surface area contributed by atoms with E-state index in [9.17, 15) is 0 Å². The Morgan fingerprint density at radius 2 is 1.52 bits per heavy atom. The van der Waals surface area contributed by atoms with Crippen LogP contribution in [0.25, 0.3) is 49.6 Å². The van der Waals surface area contributed by atoms with E-state index in [1.807, 2.05) is 55.7 Å². The summed E-state index contributed by atoms with van der Waals surface area (Å²) in [4.78, 5) is 9.04. The molecular weight excluding hydrogens is 776 g/mol. The number of para-hydroxylation sites is 2. The predicted octanol–water partition coefficient (Wildman–Crippen LogP) is 10.5. The first-order chi connectivity index (χ1) is 22.8. The molecule has 0 fully saturated rings. The van der Waals surface area contributed by atoms with Crippen molar-refractivity contribution in [3.05, 3.63) is 134 Å². The minimum Gasteiger partial charge on any atom is -0.509 e. The van der Waals surface area contributed by atoms with Gasteiger partial charge in [0.15, 0.2) is 0 Å². The smallest absolute Gasteiger partial charge is 0.137 e. The standard InChI is InChI=1S/C41H31N4O2.Pt/c1-41(2,3)26-18-19-42-40(20-26)45-34-14-7-5-12-30(34)31-17-16-29(22-35(31)45)46-28-11-9-10-27(21-28)44-25-43(4)36-24-39-33(23-37(36)44)32-13-6-8-15-38(32)47-39;/h5-20,23-25H,1-4H3;/q-3;. The first kappa shape index (κ1) is 30.3. The van der Waals surface area contributed by atoms with E-state index in [0.717, 1.165) is 66.6 Å². The maximum Gasteiger partial charge on any atom is 0.137 e. The third-order valence-electron chi connectivity index (χ3n) is 9.03. The van der Waals surface area contributed by atoms with Crippen LogP contribution in [0.4, 0.5) is 17.1 Å². The van der Waals surface area contributed by atoms with E-state index in [1.54, 1.807) is 0 Å². The summed E-state index contributed by atoms with van der Waals surface area (Å²) in [7, 11) is 2.04. The van der Waals surface area contributed by atoms with Crippen molar-refractivity contribution in [1.82, 2.24) is 9.55 Å². The Kier molecular flexibility index (Phi) is 7.12. The minimum absolute atomic E-state index is 0. The molecule has 0 aliphatic carbocycles.